The summed E-state index contributed by atoms with van der Waals surface area (Å²) in [5.41, 5.74) is 1.67. The van der Waals surface area contributed by atoms with Crippen molar-refractivity contribution in [1.29, 1.82) is 0 Å². The number of benzene rings is 1. The van der Waals surface area contributed by atoms with Gasteiger partial charge in [0.1, 0.15) is 5.75 Å². The van der Waals surface area contributed by atoms with E-state index in [2.05, 4.69) is 39.4 Å². The van der Waals surface area contributed by atoms with E-state index in [0.717, 1.165) is 25.1 Å². The van der Waals surface area contributed by atoms with E-state index in [4.69, 9.17) is 0 Å². The van der Waals surface area contributed by atoms with Crippen molar-refractivity contribution >= 4 is 5.96 Å². The van der Waals surface area contributed by atoms with E-state index in [9.17, 15) is 8.78 Å². The van der Waals surface area contributed by atoms with Crippen molar-refractivity contribution in [3.05, 3.63) is 29.3 Å². The Bertz CT molecular complexity index is 565. The third kappa shape index (κ3) is 10.8. The maximum Gasteiger partial charge on any atom is 0.387 e. The van der Waals surface area contributed by atoms with Gasteiger partial charge in [-0.2, -0.15) is 8.78 Å². The lowest BCUT2D eigenvalue weighted by Gasteiger charge is -2.15. The molecule has 7 heteroatoms. The molecule has 0 heterocycles. The fraction of sp³-hybridized carbons (Fsp3) is 0.650. The van der Waals surface area contributed by atoms with Gasteiger partial charge in [0.05, 0.1) is 0 Å². The summed E-state index contributed by atoms with van der Waals surface area (Å²) in [5, 5.41) is 6.42. The Kier molecular flexibility index (Phi) is 11.4. The average Bonchev–Trinajstić information content (AvgIpc) is 2.61. The van der Waals surface area contributed by atoms with Crippen LogP contribution in [-0.2, 0) is 6.54 Å². The molecule has 27 heavy (non-hydrogen) atoms. The van der Waals surface area contributed by atoms with Gasteiger partial charge < -0.3 is 20.3 Å². The summed E-state index contributed by atoms with van der Waals surface area (Å²) in [6.07, 6.45) is 5.99. The van der Waals surface area contributed by atoms with Crippen LogP contribution in [0.4, 0.5) is 8.78 Å². The molecule has 0 saturated heterocycles. The molecule has 0 aliphatic rings. The number of rotatable bonds is 12. The van der Waals surface area contributed by atoms with Gasteiger partial charge in [0.25, 0.3) is 0 Å². The third-order valence-corrected chi connectivity index (χ3v) is 4.18. The Morgan fingerprint density at radius 3 is 2.48 bits per heavy atom. The topological polar surface area (TPSA) is 48.9 Å². The number of alkyl halides is 2. The Morgan fingerprint density at radius 2 is 1.81 bits per heavy atom. The summed E-state index contributed by atoms with van der Waals surface area (Å²) >= 11 is 0. The maximum atomic E-state index is 12.5. The summed E-state index contributed by atoms with van der Waals surface area (Å²) in [6.45, 7) is 1.43. The van der Waals surface area contributed by atoms with Crippen molar-refractivity contribution in [3.63, 3.8) is 0 Å². The summed E-state index contributed by atoms with van der Waals surface area (Å²) in [6, 6.07) is 5.17. The number of unbranched alkanes of at least 4 members (excludes halogenated alkanes) is 4. The molecule has 0 unspecified atom stereocenters. The first-order valence-electron chi connectivity index (χ1n) is 9.56. The predicted octanol–water partition coefficient (Wildman–Crippen LogP) is 3.77. The minimum Gasteiger partial charge on any atom is -0.434 e. The van der Waals surface area contributed by atoms with Crippen molar-refractivity contribution in [1.82, 2.24) is 15.5 Å². The molecule has 5 nitrogen and oxygen atoms in total. The van der Waals surface area contributed by atoms with Crippen LogP contribution >= 0.6 is 0 Å². The van der Waals surface area contributed by atoms with Crippen molar-refractivity contribution < 1.29 is 13.5 Å². The highest BCUT2D eigenvalue weighted by molar-refractivity contribution is 5.79. The summed E-state index contributed by atoms with van der Waals surface area (Å²) in [4.78, 5) is 6.39. The van der Waals surface area contributed by atoms with Gasteiger partial charge in [0.2, 0.25) is 0 Å². The number of nitrogens with zero attached hydrogens (tertiary/aromatic N) is 2. The fourth-order valence-corrected chi connectivity index (χ4v) is 2.75. The quantitative estimate of drug-likeness (QED) is 0.327. The van der Waals surface area contributed by atoms with Crippen molar-refractivity contribution in [2.75, 3.05) is 34.2 Å². The minimum atomic E-state index is -2.83. The molecule has 0 aliphatic heterocycles. The molecule has 0 amide bonds. The number of guanidine groups is 1. The number of ether oxygens (including phenoxy) is 1. The lowest BCUT2D eigenvalue weighted by atomic mass is 10.1. The van der Waals surface area contributed by atoms with Crippen LogP contribution in [0.5, 0.6) is 5.75 Å². The summed E-state index contributed by atoms with van der Waals surface area (Å²) in [7, 11) is 5.90. The number of aryl methyl sites for hydroxylation is 1. The highest BCUT2D eigenvalue weighted by Gasteiger charge is 2.10. The molecule has 0 atom stereocenters. The van der Waals surface area contributed by atoms with Crippen LogP contribution in [0.1, 0.15) is 43.2 Å². The van der Waals surface area contributed by atoms with Crippen LogP contribution in [0.25, 0.3) is 0 Å². The molecule has 0 spiro atoms. The van der Waals surface area contributed by atoms with Gasteiger partial charge in [-0.25, -0.2) is 0 Å². The normalized spacial score (nSPS) is 11.9. The average molecular weight is 385 g/mol. The van der Waals surface area contributed by atoms with E-state index in [0.29, 0.717) is 18.1 Å². The van der Waals surface area contributed by atoms with Gasteiger partial charge in [-0.1, -0.05) is 37.0 Å². The maximum absolute atomic E-state index is 12.5. The number of halogens is 2. The minimum absolute atomic E-state index is 0.191. The smallest absolute Gasteiger partial charge is 0.387 e. The van der Waals surface area contributed by atoms with Gasteiger partial charge in [0.15, 0.2) is 5.96 Å². The van der Waals surface area contributed by atoms with E-state index in [-0.39, 0.29) is 5.75 Å². The molecule has 154 valence electrons. The van der Waals surface area contributed by atoms with E-state index in [1.54, 1.807) is 19.2 Å². The molecule has 0 fully saturated rings. The van der Waals surface area contributed by atoms with Crippen molar-refractivity contribution in [2.24, 2.45) is 4.99 Å². The lowest BCUT2D eigenvalue weighted by molar-refractivity contribution is -0.0504. The van der Waals surface area contributed by atoms with Crippen LogP contribution < -0.4 is 15.4 Å². The van der Waals surface area contributed by atoms with Gasteiger partial charge in [-0.15, -0.1) is 0 Å². The lowest BCUT2D eigenvalue weighted by Crippen LogP contribution is -2.37. The number of hydrogen-bond acceptors (Lipinski definition) is 3. The molecule has 0 aromatic heterocycles. The van der Waals surface area contributed by atoms with Crippen molar-refractivity contribution in [3.8, 4) is 5.75 Å². The Labute approximate surface area is 162 Å². The highest BCUT2D eigenvalue weighted by Crippen LogP contribution is 2.21. The van der Waals surface area contributed by atoms with E-state index < -0.39 is 6.61 Å². The Balaban J connectivity index is 2.31. The van der Waals surface area contributed by atoms with Crippen molar-refractivity contribution in [2.45, 2.75) is 52.2 Å². The molecule has 1 aromatic rings. The van der Waals surface area contributed by atoms with Crippen LogP contribution in [0.3, 0.4) is 0 Å². The van der Waals surface area contributed by atoms with E-state index >= 15 is 0 Å². The fourth-order valence-electron chi connectivity index (χ4n) is 2.75. The molecule has 2 N–H and O–H groups in total. The number of nitrogens with one attached hydrogen (secondary N) is 2. The monoisotopic (exact) mass is 384 g/mol. The molecular weight excluding hydrogens is 350 g/mol. The molecule has 0 radical (unpaired) electrons. The van der Waals surface area contributed by atoms with Crippen LogP contribution in [-0.4, -0.2) is 51.7 Å². The second kappa shape index (κ2) is 13.3. The standard InChI is InChI=1S/C20H34F2N4O/c1-16-10-11-18(27-19(21)22)17(14-16)15-25-20(23-2)24-12-8-6-5-7-9-13-26(3)4/h10-11,14,19H,5-9,12-13,15H2,1-4H3,(H2,23,24,25). The zero-order valence-electron chi connectivity index (χ0n) is 17.0. The van der Waals surface area contributed by atoms with E-state index in [1.165, 1.54) is 25.7 Å². The molecule has 1 rings (SSSR count). The third-order valence-electron chi connectivity index (χ3n) is 4.18. The molecule has 1 aromatic carbocycles. The first kappa shape index (κ1) is 23.1. The Morgan fingerprint density at radius 1 is 1.11 bits per heavy atom. The first-order valence-corrected chi connectivity index (χ1v) is 9.56. The summed E-state index contributed by atoms with van der Waals surface area (Å²) in [5.74, 6) is 0.850. The molecule has 0 saturated carbocycles. The number of aliphatic imine (C=N–C) groups is 1. The molecular formula is C20H34F2N4O. The molecule has 0 bridgehead atoms. The second-order valence-corrected chi connectivity index (χ2v) is 6.91. The van der Waals surface area contributed by atoms with E-state index in [1.807, 2.05) is 13.0 Å². The largest absolute Gasteiger partial charge is 0.434 e. The predicted molar refractivity (Wildman–Crippen MR) is 108 cm³/mol. The van der Waals surface area contributed by atoms with Crippen LogP contribution in [0, 0.1) is 6.92 Å². The first-order chi connectivity index (χ1) is 12.9. The van der Waals surface area contributed by atoms with Gasteiger partial charge >= 0.3 is 6.61 Å². The zero-order valence-corrected chi connectivity index (χ0v) is 17.0. The SMILES string of the molecule is CN=C(NCCCCCCCN(C)C)NCc1cc(C)ccc1OC(F)F. The Hall–Kier alpha value is -1.89. The van der Waals surface area contributed by atoms with Gasteiger partial charge in [-0.3, -0.25) is 4.99 Å². The van der Waals surface area contributed by atoms with Crippen LogP contribution in [0.15, 0.2) is 23.2 Å². The highest BCUT2D eigenvalue weighted by atomic mass is 19.3. The summed E-state index contributed by atoms with van der Waals surface area (Å²) < 4.78 is 29.7. The molecule has 0 aliphatic carbocycles. The van der Waals surface area contributed by atoms with Gasteiger partial charge in [-0.05, 0) is 46.5 Å². The zero-order chi connectivity index (χ0) is 20.1. The number of hydrogen-bond donors (Lipinski definition) is 2. The van der Waals surface area contributed by atoms with Crippen LogP contribution in [0.2, 0.25) is 0 Å². The van der Waals surface area contributed by atoms with Gasteiger partial charge in [0, 0.05) is 25.7 Å². The second-order valence-electron chi connectivity index (χ2n) is 6.91.